The average Bonchev–Trinajstić information content (AvgIpc) is 1.88. The summed E-state index contributed by atoms with van der Waals surface area (Å²) in [7, 11) is 0. The van der Waals surface area contributed by atoms with Gasteiger partial charge in [0.25, 0.3) is 0 Å². The smallest absolute Gasteiger partial charge is 0.163 e. The molecule has 0 aliphatic carbocycles. The normalized spacial score (nSPS) is 14.1. The molecule has 0 aliphatic rings. The third-order valence-corrected chi connectivity index (χ3v) is 2.09. The van der Waals surface area contributed by atoms with Crippen molar-refractivity contribution in [2.75, 3.05) is 5.75 Å². The van der Waals surface area contributed by atoms with Gasteiger partial charge in [-0.15, -0.1) is 0 Å². The van der Waals surface area contributed by atoms with Crippen LogP contribution in [0.25, 0.3) is 0 Å². The second-order valence-electron chi connectivity index (χ2n) is 2.20. The fourth-order valence-electron chi connectivity index (χ4n) is 0.614. The molecule has 62 valence electrons. The number of rotatable bonds is 5. The summed E-state index contributed by atoms with van der Waals surface area (Å²) in [5.74, 6) is 0.849. The molecule has 4 heteroatoms. The van der Waals surface area contributed by atoms with Crippen molar-refractivity contribution in [3.8, 4) is 0 Å². The molecular weight excluding hydrogens is 168 g/mol. The molecule has 0 radical (unpaired) electrons. The molecule has 0 fully saturated rings. The molecule has 0 spiro atoms. The lowest BCUT2D eigenvalue weighted by Crippen LogP contribution is -2.19. The van der Waals surface area contributed by atoms with Gasteiger partial charge in [0.05, 0.1) is 5.25 Å². The van der Waals surface area contributed by atoms with Crippen LogP contribution in [0.1, 0.15) is 19.3 Å². The SMILES string of the molecule is OC(O)C(S)CCCCS. The summed E-state index contributed by atoms with van der Waals surface area (Å²) < 4.78 is 0. The Balaban J connectivity index is 3.13. The van der Waals surface area contributed by atoms with E-state index in [0.717, 1.165) is 25.0 Å². The van der Waals surface area contributed by atoms with Crippen LogP contribution in [0.15, 0.2) is 0 Å². The van der Waals surface area contributed by atoms with Gasteiger partial charge in [-0.1, -0.05) is 6.42 Å². The van der Waals surface area contributed by atoms with Crippen molar-refractivity contribution in [2.24, 2.45) is 0 Å². The van der Waals surface area contributed by atoms with Gasteiger partial charge in [-0.05, 0) is 18.6 Å². The summed E-state index contributed by atoms with van der Waals surface area (Å²) >= 11 is 8.00. The van der Waals surface area contributed by atoms with E-state index in [1.165, 1.54) is 0 Å². The number of thiol groups is 2. The highest BCUT2D eigenvalue weighted by Crippen LogP contribution is 2.09. The fourth-order valence-corrected chi connectivity index (χ4v) is 1.02. The van der Waals surface area contributed by atoms with E-state index in [-0.39, 0.29) is 5.25 Å². The molecule has 10 heavy (non-hydrogen) atoms. The second-order valence-corrected chi connectivity index (χ2v) is 3.31. The third kappa shape index (κ3) is 5.41. The number of unbranched alkanes of at least 4 members (excludes halogenated alkanes) is 1. The van der Waals surface area contributed by atoms with E-state index in [2.05, 4.69) is 25.3 Å². The molecule has 0 aromatic carbocycles. The maximum Gasteiger partial charge on any atom is 0.163 e. The Morgan fingerprint density at radius 2 is 1.80 bits per heavy atom. The van der Waals surface area contributed by atoms with Crippen LogP contribution in [0, 0.1) is 0 Å². The van der Waals surface area contributed by atoms with E-state index in [0.29, 0.717) is 0 Å². The van der Waals surface area contributed by atoms with E-state index in [4.69, 9.17) is 10.2 Å². The highest BCUT2D eigenvalue weighted by molar-refractivity contribution is 7.81. The molecule has 0 aliphatic heterocycles. The van der Waals surface area contributed by atoms with Gasteiger partial charge in [-0.25, -0.2) is 0 Å². The molecule has 0 saturated heterocycles. The van der Waals surface area contributed by atoms with Gasteiger partial charge in [0.15, 0.2) is 6.29 Å². The maximum absolute atomic E-state index is 8.58. The molecule has 1 unspecified atom stereocenters. The highest BCUT2D eigenvalue weighted by atomic mass is 32.1. The molecule has 0 bridgehead atoms. The third-order valence-electron chi connectivity index (χ3n) is 1.25. The molecule has 0 heterocycles. The molecule has 0 rings (SSSR count). The maximum atomic E-state index is 8.58. The molecule has 0 saturated carbocycles. The Bertz CT molecular complexity index is 78.1. The Labute approximate surface area is 72.5 Å². The quantitative estimate of drug-likeness (QED) is 0.287. The first kappa shape index (κ1) is 10.6. The van der Waals surface area contributed by atoms with Crippen LogP contribution in [-0.2, 0) is 0 Å². The van der Waals surface area contributed by atoms with Gasteiger partial charge in [-0.3, -0.25) is 0 Å². The van der Waals surface area contributed by atoms with Gasteiger partial charge < -0.3 is 10.2 Å². The Kier molecular flexibility index (Phi) is 6.73. The van der Waals surface area contributed by atoms with Crippen molar-refractivity contribution in [2.45, 2.75) is 30.8 Å². The van der Waals surface area contributed by atoms with Crippen LogP contribution in [0.5, 0.6) is 0 Å². The molecule has 0 amide bonds. The molecule has 0 aromatic rings. The van der Waals surface area contributed by atoms with Crippen molar-refractivity contribution in [1.82, 2.24) is 0 Å². The minimum absolute atomic E-state index is 0.306. The van der Waals surface area contributed by atoms with Gasteiger partial charge in [0.2, 0.25) is 0 Å². The Morgan fingerprint density at radius 3 is 2.20 bits per heavy atom. The first-order chi connectivity index (χ1) is 4.68. The lowest BCUT2D eigenvalue weighted by atomic mass is 10.2. The average molecular weight is 182 g/mol. The first-order valence-electron chi connectivity index (χ1n) is 3.33. The van der Waals surface area contributed by atoms with Crippen molar-refractivity contribution in [3.63, 3.8) is 0 Å². The molecule has 1 atom stereocenters. The molecular formula is C6H14O2S2. The lowest BCUT2D eigenvalue weighted by Gasteiger charge is -2.11. The number of hydrogen-bond donors (Lipinski definition) is 4. The number of aliphatic hydroxyl groups excluding tert-OH is 1. The fraction of sp³-hybridized carbons (Fsp3) is 1.00. The zero-order valence-electron chi connectivity index (χ0n) is 5.77. The van der Waals surface area contributed by atoms with Gasteiger partial charge >= 0.3 is 0 Å². The standard InChI is InChI=1S/C6H14O2S2/c7-6(8)5(10)3-1-2-4-9/h5-10H,1-4H2. The predicted molar refractivity (Wildman–Crippen MR) is 48.7 cm³/mol. The van der Waals surface area contributed by atoms with E-state index in [1.807, 2.05) is 0 Å². The van der Waals surface area contributed by atoms with Crippen LogP contribution in [0.3, 0.4) is 0 Å². The molecule has 2 nitrogen and oxygen atoms in total. The summed E-state index contributed by atoms with van der Waals surface area (Å²) in [4.78, 5) is 0. The Morgan fingerprint density at radius 1 is 1.20 bits per heavy atom. The zero-order valence-corrected chi connectivity index (χ0v) is 7.56. The molecule has 0 aromatic heterocycles. The number of hydrogen-bond acceptors (Lipinski definition) is 4. The summed E-state index contributed by atoms with van der Waals surface area (Å²) in [6, 6.07) is 0. The Hall–Kier alpha value is 0.620. The minimum atomic E-state index is -1.29. The predicted octanol–water partition coefficient (Wildman–Crippen LogP) is 0.696. The number of aliphatic hydroxyl groups is 2. The van der Waals surface area contributed by atoms with Crippen LogP contribution in [0.2, 0.25) is 0 Å². The minimum Gasteiger partial charge on any atom is -0.367 e. The van der Waals surface area contributed by atoms with Gasteiger partial charge in [0, 0.05) is 0 Å². The summed E-state index contributed by atoms with van der Waals surface area (Å²) in [6.07, 6.45) is 1.41. The highest BCUT2D eigenvalue weighted by Gasteiger charge is 2.09. The van der Waals surface area contributed by atoms with Crippen LogP contribution >= 0.6 is 25.3 Å². The van der Waals surface area contributed by atoms with Gasteiger partial charge in [0.1, 0.15) is 0 Å². The largest absolute Gasteiger partial charge is 0.367 e. The first-order valence-corrected chi connectivity index (χ1v) is 4.48. The van der Waals surface area contributed by atoms with Gasteiger partial charge in [-0.2, -0.15) is 25.3 Å². The van der Waals surface area contributed by atoms with Crippen LogP contribution in [0.4, 0.5) is 0 Å². The zero-order chi connectivity index (χ0) is 7.98. The molecule has 2 N–H and O–H groups in total. The summed E-state index contributed by atoms with van der Waals surface area (Å²) in [5.41, 5.74) is 0. The summed E-state index contributed by atoms with van der Waals surface area (Å²) in [6.45, 7) is 0. The van der Waals surface area contributed by atoms with E-state index >= 15 is 0 Å². The van der Waals surface area contributed by atoms with Crippen molar-refractivity contribution >= 4 is 25.3 Å². The lowest BCUT2D eigenvalue weighted by molar-refractivity contribution is -0.0410. The van der Waals surface area contributed by atoms with E-state index in [9.17, 15) is 0 Å². The van der Waals surface area contributed by atoms with Crippen LogP contribution in [-0.4, -0.2) is 27.5 Å². The monoisotopic (exact) mass is 182 g/mol. The van der Waals surface area contributed by atoms with Crippen molar-refractivity contribution < 1.29 is 10.2 Å². The van der Waals surface area contributed by atoms with Crippen LogP contribution < -0.4 is 0 Å². The second kappa shape index (κ2) is 6.34. The van der Waals surface area contributed by atoms with E-state index < -0.39 is 6.29 Å². The summed E-state index contributed by atoms with van der Waals surface area (Å²) in [5, 5.41) is 16.9. The van der Waals surface area contributed by atoms with E-state index in [1.54, 1.807) is 0 Å². The topological polar surface area (TPSA) is 40.5 Å². The van der Waals surface area contributed by atoms with Crippen molar-refractivity contribution in [1.29, 1.82) is 0 Å². The van der Waals surface area contributed by atoms with Crippen molar-refractivity contribution in [3.05, 3.63) is 0 Å².